The van der Waals surface area contributed by atoms with Gasteiger partial charge in [-0.2, -0.15) is 4.98 Å². The monoisotopic (exact) mass is 379 g/mol. The summed E-state index contributed by atoms with van der Waals surface area (Å²) in [6.45, 7) is 5.21. The summed E-state index contributed by atoms with van der Waals surface area (Å²) >= 11 is 0. The highest BCUT2D eigenvalue weighted by Gasteiger charge is 2.29. The number of H-pyrrole nitrogens is 2. The number of hydrogen-bond donors (Lipinski definition) is 2. The molecular weight excluding hydrogens is 358 g/mol. The smallest absolute Gasteiger partial charge is 0.323 e. The molecule has 1 aromatic carbocycles. The van der Waals surface area contributed by atoms with Crippen molar-refractivity contribution in [1.29, 1.82) is 0 Å². The molecule has 0 bridgehead atoms. The highest BCUT2D eigenvalue weighted by Crippen LogP contribution is 2.32. The zero-order valence-electron chi connectivity index (χ0n) is 15.8. The maximum Gasteiger partial charge on any atom is 0.323 e. The first-order valence-corrected chi connectivity index (χ1v) is 9.54. The van der Waals surface area contributed by atoms with Gasteiger partial charge in [0.05, 0.1) is 22.4 Å². The molecule has 0 amide bonds. The van der Waals surface area contributed by atoms with Crippen LogP contribution in [0.1, 0.15) is 43.5 Å². The van der Waals surface area contributed by atoms with E-state index in [9.17, 15) is 4.79 Å². The number of nitrogens with one attached hydrogen (secondary N) is 2. The van der Waals surface area contributed by atoms with Crippen molar-refractivity contribution in [3.8, 4) is 11.4 Å². The van der Waals surface area contributed by atoms with Crippen molar-refractivity contribution in [3.05, 3.63) is 46.0 Å². The molecule has 1 unspecified atom stereocenters. The Morgan fingerprint density at radius 1 is 1.29 bits per heavy atom. The second kappa shape index (κ2) is 6.43. The number of hydrogen-bond acceptors (Lipinski definition) is 6. The lowest BCUT2D eigenvalue weighted by Crippen LogP contribution is -2.18. The summed E-state index contributed by atoms with van der Waals surface area (Å²) in [4.78, 5) is 21.6. The van der Waals surface area contributed by atoms with Crippen molar-refractivity contribution >= 4 is 11.0 Å². The van der Waals surface area contributed by atoms with Crippen molar-refractivity contribution in [3.63, 3.8) is 0 Å². The van der Waals surface area contributed by atoms with E-state index in [4.69, 9.17) is 4.52 Å². The Bertz CT molecular complexity index is 1200. The molecule has 0 aliphatic heterocycles. The Morgan fingerprint density at radius 3 is 3.00 bits per heavy atom. The van der Waals surface area contributed by atoms with Crippen LogP contribution < -0.4 is 5.69 Å². The minimum Gasteiger partial charge on any atom is -0.339 e. The summed E-state index contributed by atoms with van der Waals surface area (Å²) in [7, 11) is 0. The molecule has 1 aliphatic rings. The van der Waals surface area contributed by atoms with Gasteiger partial charge in [-0.25, -0.2) is 9.48 Å². The van der Waals surface area contributed by atoms with Crippen molar-refractivity contribution < 1.29 is 4.52 Å². The van der Waals surface area contributed by atoms with Gasteiger partial charge in [0.25, 0.3) is 0 Å². The van der Waals surface area contributed by atoms with Crippen molar-refractivity contribution in [2.75, 3.05) is 0 Å². The van der Waals surface area contributed by atoms with Crippen LogP contribution in [-0.4, -0.2) is 35.1 Å². The number of fused-ring (bicyclic) bond motifs is 2. The molecule has 0 radical (unpaired) electrons. The van der Waals surface area contributed by atoms with Crippen LogP contribution in [0.5, 0.6) is 0 Å². The molecule has 5 rings (SSSR count). The average molecular weight is 379 g/mol. The van der Waals surface area contributed by atoms with Crippen LogP contribution in [0.4, 0.5) is 0 Å². The summed E-state index contributed by atoms with van der Waals surface area (Å²) in [6.07, 6.45) is 2.59. The van der Waals surface area contributed by atoms with Gasteiger partial charge in [-0.15, -0.1) is 5.10 Å². The first-order valence-electron chi connectivity index (χ1n) is 9.54. The molecule has 0 saturated heterocycles. The molecule has 9 heteroatoms. The molecule has 0 fully saturated rings. The van der Waals surface area contributed by atoms with E-state index >= 15 is 0 Å². The first kappa shape index (κ1) is 16.9. The van der Waals surface area contributed by atoms with Crippen LogP contribution in [-0.2, 0) is 19.4 Å². The van der Waals surface area contributed by atoms with Crippen molar-refractivity contribution in [2.45, 2.75) is 45.6 Å². The van der Waals surface area contributed by atoms with Crippen molar-refractivity contribution in [1.82, 2.24) is 35.1 Å². The summed E-state index contributed by atoms with van der Waals surface area (Å²) < 4.78 is 7.61. The Morgan fingerprint density at radius 2 is 2.14 bits per heavy atom. The second-order valence-electron chi connectivity index (χ2n) is 7.79. The predicted octanol–water partition coefficient (Wildman–Crippen LogP) is 2.43. The quantitative estimate of drug-likeness (QED) is 0.562. The lowest BCUT2D eigenvalue weighted by atomic mass is 9.89. The van der Waals surface area contributed by atoms with Gasteiger partial charge < -0.3 is 14.5 Å². The summed E-state index contributed by atoms with van der Waals surface area (Å²) in [6, 6.07) is 5.56. The number of aryl methyl sites for hydroxylation is 1. The number of aromatic nitrogens is 7. The fraction of sp³-hybridized carbons (Fsp3) is 0.421. The molecule has 3 aromatic heterocycles. The van der Waals surface area contributed by atoms with Crippen LogP contribution in [0, 0.1) is 5.92 Å². The van der Waals surface area contributed by atoms with Gasteiger partial charge in [-0.3, -0.25) is 0 Å². The van der Waals surface area contributed by atoms with Crippen LogP contribution in [0.2, 0.25) is 0 Å². The minimum absolute atomic E-state index is 0.161. The summed E-state index contributed by atoms with van der Waals surface area (Å²) in [5, 5.41) is 12.8. The maximum absolute atomic E-state index is 11.4. The minimum atomic E-state index is -0.231. The molecule has 0 spiro atoms. The highest BCUT2D eigenvalue weighted by molar-refractivity contribution is 5.79. The molecule has 3 heterocycles. The molecular formula is C19H21N7O2. The number of imidazole rings is 1. The third-order valence-electron chi connectivity index (χ3n) is 5.19. The highest BCUT2D eigenvalue weighted by atomic mass is 16.5. The Labute approximate surface area is 160 Å². The van der Waals surface area contributed by atoms with Crippen LogP contribution in [0.25, 0.3) is 22.4 Å². The van der Waals surface area contributed by atoms with E-state index in [-0.39, 0.29) is 11.6 Å². The maximum atomic E-state index is 11.4. The molecule has 28 heavy (non-hydrogen) atoms. The van der Waals surface area contributed by atoms with Gasteiger partial charge in [-0.05, 0) is 37.0 Å². The molecule has 1 aliphatic carbocycles. The van der Waals surface area contributed by atoms with Gasteiger partial charge >= 0.3 is 5.69 Å². The zero-order valence-corrected chi connectivity index (χ0v) is 15.8. The fourth-order valence-electron chi connectivity index (χ4n) is 3.83. The number of nitrogens with zero attached hydrogens (tertiary/aromatic N) is 5. The molecule has 9 nitrogen and oxygen atoms in total. The third-order valence-corrected chi connectivity index (χ3v) is 5.19. The number of benzene rings is 1. The van der Waals surface area contributed by atoms with Gasteiger partial charge in [-0.1, -0.05) is 24.2 Å². The Balaban J connectivity index is 1.41. The molecule has 2 N–H and O–H groups in total. The largest absolute Gasteiger partial charge is 0.339 e. The lowest BCUT2D eigenvalue weighted by Gasteiger charge is -2.19. The fourth-order valence-corrected chi connectivity index (χ4v) is 3.83. The van der Waals surface area contributed by atoms with E-state index in [1.807, 2.05) is 22.9 Å². The lowest BCUT2D eigenvalue weighted by molar-refractivity contribution is 0.336. The van der Waals surface area contributed by atoms with E-state index in [2.05, 4.69) is 44.3 Å². The van der Waals surface area contributed by atoms with Crippen LogP contribution in [0.3, 0.4) is 0 Å². The zero-order chi connectivity index (χ0) is 19.3. The standard InChI is InChI=1S/C19H21N7O2/c1-10(2)9-26-16-8-12(4-6-14(16)23-25-26)18-22-17(24-28-18)11-3-5-13-15(7-11)21-19(27)20-13/h3,5,7,10,12H,4,6,8-9H2,1-2H3,(H2,20,21,27). The topological polar surface area (TPSA) is 118 Å². The van der Waals surface area contributed by atoms with E-state index in [0.717, 1.165) is 48.1 Å². The van der Waals surface area contributed by atoms with E-state index in [1.54, 1.807) is 0 Å². The van der Waals surface area contributed by atoms with Crippen molar-refractivity contribution in [2.24, 2.45) is 5.92 Å². The van der Waals surface area contributed by atoms with Gasteiger partial charge in [0.15, 0.2) is 0 Å². The average Bonchev–Trinajstić information content (AvgIpc) is 3.38. The third kappa shape index (κ3) is 2.92. The van der Waals surface area contributed by atoms with E-state index < -0.39 is 0 Å². The number of aromatic amines is 2. The molecule has 144 valence electrons. The number of rotatable bonds is 4. The predicted molar refractivity (Wildman–Crippen MR) is 102 cm³/mol. The molecule has 1 atom stereocenters. The molecule has 4 aromatic rings. The van der Waals surface area contributed by atoms with Gasteiger partial charge in [0.2, 0.25) is 11.7 Å². The normalized spacial score (nSPS) is 16.8. The molecule has 0 saturated carbocycles. The van der Waals surface area contributed by atoms with Gasteiger partial charge in [0.1, 0.15) is 0 Å². The SMILES string of the molecule is CC(C)Cn1nnc2c1CC(c1nc(-c3ccc4[nH]c(=O)[nH]c4c3)no1)CC2. The Kier molecular flexibility index (Phi) is 3.88. The summed E-state index contributed by atoms with van der Waals surface area (Å²) in [5.41, 5.74) is 4.31. The summed E-state index contributed by atoms with van der Waals surface area (Å²) in [5.74, 6) is 1.84. The van der Waals surface area contributed by atoms with E-state index in [1.165, 1.54) is 5.69 Å². The van der Waals surface area contributed by atoms with Crippen LogP contribution in [0.15, 0.2) is 27.5 Å². The first-order chi connectivity index (χ1) is 13.6. The second-order valence-corrected chi connectivity index (χ2v) is 7.79. The van der Waals surface area contributed by atoms with Crippen LogP contribution >= 0.6 is 0 Å². The van der Waals surface area contributed by atoms with Gasteiger partial charge in [0, 0.05) is 24.4 Å². The van der Waals surface area contributed by atoms with E-state index in [0.29, 0.717) is 17.6 Å². The Hall–Kier alpha value is -3.23.